The fourth-order valence-corrected chi connectivity index (χ4v) is 2.70. The number of carbonyl (C=O) groups is 1. The van der Waals surface area contributed by atoms with Gasteiger partial charge in [0.25, 0.3) is 5.91 Å². The van der Waals surface area contributed by atoms with Crippen LogP contribution in [-0.4, -0.2) is 26.8 Å². The van der Waals surface area contributed by atoms with Crippen molar-refractivity contribution >= 4 is 17.4 Å². The molecular formula is C22H24N4O. The number of benzene rings is 2. The smallest absolute Gasteiger partial charge is 0.274 e. The average molecular weight is 360 g/mol. The van der Waals surface area contributed by atoms with Gasteiger partial charge in [-0.25, -0.2) is 9.97 Å². The molecule has 27 heavy (non-hydrogen) atoms. The highest BCUT2D eigenvalue weighted by Crippen LogP contribution is 2.16. The van der Waals surface area contributed by atoms with Crippen LogP contribution in [0.15, 0.2) is 67.0 Å². The Morgan fingerprint density at radius 1 is 1.00 bits per heavy atom. The van der Waals surface area contributed by atoms with Gasteiger partial charge in [0.1, 0.15) is 11.5 Å². The van der Waals surface area contributed by atoms with Crippen LogP contribution in [-0.2, 0) is 6.54 Å². The molecule has 1 aromatic heterocycles. The molecule has 5 heteroatoms. The van der Waals surface area contributed by atoms with E-state index in [1.807, 2.05) is 75.4 Å². The van der Waals surface area contributed by atoms with Crippen LogP contribution in [0.2, 0.25) is 0 Å². The molecule has 138 valence electrons. The highest BCUT2D eigenvalue weighted by atomic mass is 16.2. The van der Waals surface area contributed by atoms with Crippen molar-refractivity contribution in [3.63, 3.8) is 0 Å². The lowest BCUT2D eigenvalue weighted by molar-refractivity contribution is 0.0684. The SMILES string of the molecule is Cc1ccc(Nc2cnc(C(=O)N(Cc3ccccc3)C(C)C)cn2)cc1. The summed E-state index contributed by atoms with van der Waals surface area (Å²) in [5.41, 5.74) is 3.56. The zero-order valence-electron chi connectivity index (χ0n) is 15.9. The molecule has 0 aliphatic heterocycles. The number of aromatic nitrogens is 2. The molecule has 3 aromatic rings. The monoisotopic (exact) mass is 360 g/mol. The first-order valence-corrected chi connectivity index (χ1v) is 9.03. The van der Waals surface area contributed by atoms with Crippen LogP contribution in [0.4, 0.5) is 11.5 Å². The summed E-state index contributed by atoms with van der Waals surface area (Å²) in [6.45, 7) is 6.59. The van der Waals surface area contributed by atoms with Crippen molar-refractivity contribution < 1.29 is 4.79 Å². The van der Waals surface area contributed by atoms with Crippen molar-refractivity contribution in [3.05, 3.63) is 83.8 Å². The van der Waals surface area contributed by atoms with Crippen molar-refractivity contribution in [2.75, 3.05) is 5.32 Å². The Bertz CT molecular complexity index is 874. The largest absolute Gasteiger partial charge is 0.339 e. The molecule has 0 saturated heterocycles. The van der Waals surface area contributed by atoms with E-state index < -0.39 is 0 Å². The zero-order valence-corrected chi connectivity index (χ0v) is 15.9. The molecule has 3 rings (SSSR count). The fourth-order valence-electron chi connectivity index (χ4n) is 2.70. The predicted molar refractivity (Wildman–Crippen MR) is 108 cm³/mol. The summed E-state index contributed by atoms with van der Waals surface area (Å²) in [4.78, 5) is 23.4. The second-order valence-corrected chi connectivity index (χ2v) is 6.79. The second kappa shape index (κ2) is 8.45. The minimum absolute atomic E-state index is 0.0601. The topological polar surface area (TPSA) is 58.1 Å². The lowest BCUT2D eigenvalue weighted by atomic mass is 10.2. The minimum Gasteiger partial charge on any atom is -0.339 e. The van der Waals surface area contributed by atoms with Gasteiger partial charge >= 0.3 is 0 Å². The van der Waals surface area contributed by atoms with E-state index in [4.69, 9.17) is 0 Å². The quantitative estimate of drug-likeness (QED) is 0.699. The van der Waals surface area contributed by atoms with Crippen LogP contribution < -0.4 is 5.32 Å². The highest BCUT2D eigenvalue weighted by Gasteiger charge is 2.20. The van der Waals surface area contributed by atoms with Gasteiger partial charge in [0.15, 0.2) is 0 Å². The average Bonchev–Trinajstić information content (AvgIpc) is 2.68. The summed E-state index contributed by atoms with van der Waals surface area (Å²) in [6, 6.07) is 18.0. The summed E-state index contributed by atoms with van der Waals surface area (Å²) in [7, 11) is 0. The molecule has 0 saturated carbocycles. The highest BCUT2D eigenvalue weighted by molar-refractivity contribution is 5.92. The van der Waals surface area contributed by atoms with E-state index in [1.165, 1.54) is 11.8 Å². The first-order chi connectivity index (χ1) is 13.0. The van der Waals surface area contributed by atoms with Crippen molar-refractivity contribution in [1.29, 1.82) is 0 Å². The Hall–Kier alpha value is -3.21. The van der Waals surface area contributed by atoms with E-state index in [2.05, 4.69) is 15.3 Å². The number of anilines is 2. The van der Waals surface area contributed by atoms with Crippen molar-refractivity contribution in [1.82, 2.24) is 14.9 Å². The fraction of sp³-hybridized carbons (Fsp3) is 0.227. The third kappa shape index (κ3) is 4.91. The van der Waals surface area contributed by atoms with Gasteiger partial charge in [-0.1, -0.05) is 48.0 Å². The maximum absolute atomic E-state index is 12.9. The van der Waals surface area contributed by atoms with E-state index >= 15 is 0 Å². The van der Waals surface area contributed by atoms with E-state index in [0.717, 1.165) is 11.3 Å². The number of rotatable bonds is 6. The van der Waals surface area contributed by atoms with E-state index in [0.29, 0.717) is 18.1 Å². The van der Waals surface area contributed by atoms with Crippen LogP contribution in [0.3, 0.4) is 0 Å². The summed E-state index contributed by atoms with van der Waals surface area (Å²) in [5, 5.41) is 3.19. The van der Waals surface area contributed by atoms with Crippen molar-refractivity contribution in [2.24, 2.45) is 0 Å². The molecule has 0 radical (unpaired) electrons. The van der Waals surface area contributed by atoms with Crippen LogP contribution in [0.25, 0.3) is 0 Å². The van der Waals surface area contributed by atoms with Crippen LogP contribution in [0, 0.1) is 6.92 Å². The molecule has 1 amide bonds. The summed E-state index contributed by atoms with van der Waals surface area (Å²) in [5.74, 6) is 0.484. The second-order valence-electron chi connectivity index (χ2n) is 6.79. The number of amides is 1. The Morgan fingerprint density at radius 3 is 2.30 bits per heavy atom. The first-order valence-electron chi connectivity index (χ1n) is 9.03. The first kappa shape index (κ1) is 18.6. The van der Waals surface area contributed by atoms with Gasteiger partial charge in [-0.05, 0) is 38.5 Å². The molecule has 1 heterocycles. The van der Waals surface area contributed by atoms with Gasteiger partial charge in [-0.15, -0.1) is 0 Å². The molecule has 1 N–H and O–H groups in total. The Labute approximate surface area is 160 Å². The number of nitrogens with one attached hydrogen (secondary N) is 1. The molecular weight excluding hydrogens is 336 g/mol. The van der Waals surface area contributed by atoms with Crippen LogP contribution in [0.1, 0.15) is 35.5 Å². The molecule has 0 aliphatic carbocycles. The Balaban J connectivity index is 1.72. The molecule has 0 atom stereocenters. The van der Waals surface area contributed by atoms with E-state index in [9.17, 15) is 4.79 Å². The lowest BCUT2D eigenvalue weighted by Gasteiger charge is -2.26. The number of hydrogen-bond donors (Lipinski definition) is 1. The number of nitrogens with zero attached hydrogens (tertiary/aromatic N) is 3. The maximum Gasteiger partial charge on any atom is 0.274 e. The van der Waals surface area contributed by atoms with Crippen LogP contribution in [0.5, 0.6) is 0 Å². The van der Waals surface area contributed by atoms with Gasteiger partial charge in [-0.2, -0.15) is 0 Å². The maximum atomic E-state index is 12.9. The van der Waals surface area contributed by atoms with Crippen LogP contribution >= 0.6 is 0 Å². The summed E-state index contributed by atoms with van der Waals surface area (Å²) in [6.07, 6.45) is 3.12. The molecule has 0 aliphatic rings. The van der Waals surface area contributed by atoms with E-state index in [1.54, 1.807) is 11.1 Å². The Morgan fingerprint density at radius 2 is 1.70 bits per heavy atom. The predicted octanol–water partition coefficient (Wildman–Crippen LogP) is 4.58. The lowest BCUT2D eigenvalue weighted by Crippen LogP contribution is -2.36. The van der Waals surface area contributed by atoms with Gasteiger partial charge in [0, 0.05) is 18.3 Å². The molecule has 2 aromatic carbocycles. The molecule has 0 unspecified atom stereocenters. The molecule has 0 fully saturated rings. The minimum atomic E-state index is -0.122. The third-order valence-electron chi connectivity index (χ3n) is 4.27. The molecule has 5 nitrogen and oxygen atoms in total. The number of hydrogen-bond acceptors (Lipinski definition) is 4. The van der Waals surface area contributed by atoms with Gasteiger partial charge in [-0.3, -0.25) is 4.79 Å². The normalized spacial score (nSPS) is 10.7. The standard InChI is InChI=1S/C22H24N4O/c1-16(2)26(15-18-7-5-4-6-8-18)22(27)20-13-24-21(14-23-20)25-19-11-9-17(3)10-12-19/h4-14,16H,15H2,1-3H3,(H,24,25). The summed E-state index contributed by atoms with van der Waals surface area (Å²) >= 11 is 0. The van der Waals surface area contributed by atoms with Crippen molar-refractivity contribution in [3.8, 4) is 0 Å². The Kier molecular flexibility index (Phi) is 5.81. The number of aryl methyl sites for hydroxylation is 1. The van der Waals surface area contributed by atoms with E-state index in [-0.39, 0.29) is 11.9 Å². The van der Waals surface area contributed by atoms with Gasteiger partial charge in [0.05, 0.1) is 12.4 Å². The third-order valence-corrected chi connectivity index (χ3v) is 4.27. The molecule has 0 spiro atoms. The summed E-state index contributed by atoms with van der Waals surface area (Å²) < 4.78 is 0. The number of carbonyl (C=O) groups excluding carboxylic acids is 1. The molecule has 0 bridgehead atoms. The van der Waals surface area contributed by atoms with Gasteiger partial charge < -0.3 is 10.2 Å². The van der Waals surface area contributed by atoms with Gasteiger partial charge in [0.2, 0.25) is 0 Å². The van der Waals surface area contributed by atoms with Crippen molar-refractivity contribution in [2.45, 2.75) is 33.4 Å². The zero-order chi connectivity index (χ0) is 19.2.